The number of pyridine rings is 1. The van der Waals surface area contributed by atoms with Crippen LogP contribution in [0.15, 0.2) is 18.3 Å². The van der Waals surface area contributed by atoms with Gasteiger partial charge in [-0.05, 0) is 19.1 Å². The van der Waals surface area contributed by atoms with Gasteiger partial charge in [0.25, 0.3) is 5.91 Å². The third-order valence-electron chi connectivity index (χ3n) is 3.18. The molecular weight excluding hydrogens is 274 g/mol. The lowest BCUT2D eigenvalue weighted by molar-refractivity contribution is -0.0974. The average molecular weight is 293 g/mol. The molecule has 0 aliphatic carbocycles. The Bertz CT molecular complexity index is 634. The van der Waals surface area contributed by atoms with Gasteiger partial charge in [-0.15, -0.1) is 0 Å². The Hall–Kier alpha value is -2.12. The summed E-state index contributed by atoms with van der Waals surface area (Å²) in [5, 5.41) is 2.77. The number of amides is 1. The lowest BCUT2D eigenvalue weighted by Crippen LogP contribution is -2.35. The fourth-order valence-electron chi connectivity index (χ4n) is 2.11. The molecule has 0 atom stereocenters. The number of ether oxygens (including phenoxy) is 3. The predicted octanol–water partition coefficient (Wildman–Crippen LogP) is 1.00. The summed E-state index contributed by atoms with van der Waals surface area (Å²) >= 11 is 0. The van der Waals surface area contributed by atoms with E-state index in [9.17, 15) is 4.79 Å². The van der Waals surface area contributed by atoms with Crippen molar-refractivity contribution < 1.29 is 19.0 Å². The molecule has 0 aliphatic rings. The van der Waals surface area contributed by atoms with Crippen molar-refractivity contribution in [2.75, 3.05) is 27.9 Å². The van der Waals surface area contributed by atoms with Gasteiger partial charge in [0.2, 0.25) is 0 Å². The van der Waals surface area contributed by atoms with Crippen molar-refractivity contribution in [1.29, 1.82) is 0 Å². The highest BCUT2D eigenvalue weighted by molar-refractivity contribution is 5.95. The van der Waals surface area contributed by atoms with Crippen LogP contribution >= 0.6 is 0 Å². The molecule has 2 rings (SSSR count). The van der Waals surface area contributed by atoms with Crippen LogP contribution in [0.1, 0.15) is 16.2 Å². The number of fused-ring (bicyclic) bond motifs is 1. The number of nitrogens with one attached hydrogen (secondary N) is 1. The monoisotopic (exact) mass is 293 g/mol. The smallest absolute Gasteiger partial charge is 0.270 e. The summed E-state index contributed by atoms with van der Waals surface area (Å²) in [5.74, 6) is 0.374. The van der Waals surface area contributed by atoms with E-state index in [-0.39, 0.29) is 12.5 Å². The zero-order chi connectivity index (χ0) is 15.4. The normalized spacial score (nSPS) is 11.1. The standard InChI is InChI=1S/C14H19N3O4/c1-9-12(14(18)15-8-11(20-3)21-4)17-7-5-6-10(19-2)13(17)16-9/h5-7,11H,8H2,1-4H3,(H,15,18). The molecule has 0 bridgehead atoms. The number of aryl methyl sites for hydroxylation is 1. The summed E-state index contributed by atoms with van der Waals surface area (Å²) in [6, 6.07) is 3.60. The maximum atomic E-state index is 12.4. The molecular formula is C14H19N3O4. The van der Waals surface area contributed by atoms with E-state index < -0.39 is 6.29 Å². The second-order valence-corrected chi connectivity index (χ2v) is 4.43. The summed E-state index contributed by atoms with van der Waals surface area (Å²) in [4.78, 5) is 16.7. The SMILES string of the molecule is COc1cccn2c(C(=O)NCC(OC)OC)c(C)nc12. The molecule has 114 valence electrons. The number of carbonyl (C=O) groups excluding carboxylic acids is 1. The molecule has 7 nitrogen and oxygen atoms in total. The minimum atomic E-state index is -0.483. The summed E-state index contributed by atoms with van der Waals surface area (Å²) in [6.45, 7) is 2.04. The maximum absolute atomic E-state index is 12.4. The van der Waals surface area contributed by atoms with Crippen molar-refractivity contribution in [3.8, 4) is 5.75 Å². The molecule has 2 aromatic rings. The van der Waals surface area contributed by atoms with E-state index in [1.807, 2.05) is 0 Å². The summed E-state index contributed by atoms with van der Waals surface area (Å²) in [7, 11) is 4.61. The minimum absolute atomic E-state index is 0.243. The van der Waals surface area contributed by atoms with Gasteiger partial charge in [-0.2, -0.15) is 0 Å². The predicted molar refractivity (Wildman–Crippen MR) is 76.6 cm³/mol. The summed E-state index contributed by atoms with van der Waals surface area (Å²) < 4.78 is 17.0. The van der Waals surface area contributed by atoms with Gasteiger partial charge in [-0.25, -0.2) is 4.98 Å². The number of hydrogen-bond acceptors (Lipinski definition) is 5. The van der Waals surface area contributed by atoms with Gasteiger partial charge in [-0.3, -0.25) is 9.20 Å². The summed E-state index contributed by atoms with van der Waals surface area (Å²) in [5.41, 5.74) is 1.70. The molecule has 7 heteroatoms. The topological polar surface area (TPSA) is 74.1 Å². The van der Waals surface area contributed by atoms with Gasteiger partial charge in [0.1, 0.15) is 5.69 Å². The molecule has 0 saturated heterocycles. The van der Waals surface area contributed by atoms with Gasteiger partial charge in [0.05, 0.1) is 19.3 Å². The largest absolute Gasteiger partial charge is 0.493 e. The minimum Gasteiger partial charge on any atom is -0.493 e. The molecule has 21 heavy (non-hydrogen) atoms. The Morgan fingerprint density at radius 2 is 2.10 bits per heavy atom. The first-order valence-electron chi connectivity index (χ1n) is 6.47. The first-order chi connectivity index (χ1) is 10.1. The van der Waals surface area contributed by atoms with Crippen LogP contribution in [0.25, 0.3) is 5.65 Å². The lowest BCUT2D eigenvalue weighted by Gasteiger charge is -2.14. The third-order valence-corrected chi connectivity index (χ3v) is 3.18. The van der Waals surface area contributed by atoms with Crippen LogP contribution in [0.4, 0.5) is 0 Å². The summed E-state index contributed by atoms with van der Waals surface area (Å²) in [6.07, 6.45) is 1.29. The average Bonchev–Trinajstić information content (AvgIpc) is 2.83. The van der Waals surface area contributed by atoms with Gasteiger partial charge in [0, 0.05) is 20.4 Å². The van der Waals surface area contributed by atoms with E-state index >= 15 is 0 Å². The lowest BCUT2D eigenvalue weighted by atomic mass is 10.3. The second kappa shape index (κ2) is 6.55. The van der Waals surface area contributed by atoms with Crippen molar-refractivity contribution in [3.63, 3.8) is 0 Å². The van der Waals surface area contributed by atoms with Crippen molar-refractivity contribution in [2.45, 2.75) is 13.2 Å². The Labute approximate surface area is 122 Å². The molecule has 1 amide bonds. The number of rotatable bonds is 6. The quantitative estimate of drug-likeness (QED) is 0.804. The molecule has 0 fully saturated rings. The number of methoxy groups -OCH3 is 3. The van der Waals surface area contributed by atoms with E-state index in [0.717, 1.165) is 0 Å². The van der Waals surface area contributed by atoms with E-state index in [0.29, 0.717) is 22.8 Å². The van der Waals surface area contributed by atoms with Crippen LogP contribution in [0.3, 0.4) is 0 Å². The molecule has 0 saturated carbocycles. The van der Waals surface area contributed by atoms with Crippen LogP contribution in [0.5, 0.6) is 5.75 Å². The zero-order valence-corrected chi connectivity index (χ0v) is 12.5. The molecule has 0 aliphatic heterocycles. The first kappa shape index (κ1) is 15.3. The van der Waals surface area contributed by atoms with Crippen LogP contribution in [0.2, 0.25) is 0 Å². The Morgan fingerprint density at radius 3 is 2.71 bits per heavy atom. The Balaban J connectivity index is 2.29. The number of nitrogens with zero attached hydrogens (tertiary/aromatic N) is 2. The van der Waals surface area contributed by atoms with E-state index in [4.69, 9.17) is 14.2 Å². The number of aromatic nitrogens is 2. The van der Waals surface area contributed by atoms with E-state index in [1.54, 1.807) is 36.8 Å². The van der Waals surface area contributed by atoms with Crippen LogP contribution in [-0.4, -0.2) is 49.5 Å². The number of imidazole rings is 1. The molecule has 0 radical (unpaired) electrons. The van der Waals surface area contributed by atoms with Crippen molar-refractivity contribution in [3.05, 3.63) is 29.7 Å². The van der Waals surface area contributed by atoms with Crippen LogP contribution in [-0.2, 0) is 9.47 Å². The van der Waals surface area contributed by atoms with E-state index in [1.165, 1.54) is 14.2 Å². The molecule has 0 spiro atoms. The fourth-order valence-corrected chi connectivity index (χ4v) is 2.11. The van der Waals surface area contributed by atoms with Crippen molar-refractivity contribution in [2.24, 2.45) is 0 Å². The molecule has 2 heterocycles. The van der Waals surface area contributed by atoms with Gasteiger partial charge in [-0.1, -0.05) is 0 Å². The molecule has 2 aromatic heterocycles. The number of carbonyl (C=O) groups is 1. The van der Waals surface area contributed by atoms with Gasteiger partial charge in [0.15, 0.2) is 17.7 Å². The third kappa shape index (κ3) is 2.98. The Morgan fingerprint density at radius 1 is 1.38 bits per heavy atom. The molecule has 0 unspecified atom stereocenters. The zero-order valence-electron chi connectivity index (χ0n) is 12.5. The van der Waals surface area contributed by atoms with Gasteiger partial charge >= 0.3 is 0 Å². The fraction of sp³-hybridized carbons (Fsp3) is 0.429. The van der Waals surface area contributed by atoms with Crippen molar-refractivity contribution in [1.82, 2.24) is 14.7 Å². The number of hydrogen-bond donors (Lipinski definition) is 1. The Kier molecular flexibility index (Phi) is 4.77. The molecule has 0 aromatic carbocycles. The highest BCUT2D eigenvalue weighted by Crippen LogP contribution is 2.21. The highest BCUT2D eigenvalue weighted by Gasteiger charge is 2.19. The van der Waals surface area contributed by atoms with Crippen LogP contribution in [0, 0.1) is 6.92 Å². The van der Waals surface area contributed by atoms with Gasteiger partial charge < -0.3 is 19.5 Å². The molecule has 1 N–H and O–H groups in total. The van der Waals surface area contributed by atoms with Crippen LogP contribution < -0.4 is 10.1 Å². The van der Waals surface area contributed by atoms with E-state index in [2.05, 4.69) is 10.3 Å². The second-order valence-electron chi connectivity index (χ2n) is 4.43. The highest BCUT2D eigenvalue weighted by atomic mass is 16.7. The van der Waals surface area contributed by atoms with Crippen molar-refractivity contribution >= 4 is 11.6 Å². The first-order valence-corrected chi connectivity index (χ1v) is 6.47. The maximum Gasteiger partial charge on any atom is 0.270 e.